The molecule has 1 aliphatic rings. The van der Waals surface area contributed by atoms with Gasteiger partial charge in [-0.3, -0.25) is 0 Å². The van der Waals surface area contributed by atoms with E-state index in [9.17, 15) is 35.5 Å². The van der Waals surface area contributed by atoms with Crippen molar-refractivity contribution in [1.29, 1.82) is 0 Å². The molecule has 0 aromatic heterocycles. The Balaban J connectivity index is 2.89. The third-order valence-electron chi connectivity index (χ3n) is 3.24. The Morgan fingerprint density at radius 3 is 1.86 bits per heavy atom. The summed E-state index contributed by atoms with van der Waals surface area (Å²) in [7, 11) is 0. The van der Waals surface area contributed by atoms with Crippen LogP contribution in [-0.2, 0) is 9.53 Å². The Bertz CT molecular complexity index is 419. The molecule has 0 amide bonds. The number of ether oxygens (including phenoxy) is 1. The zero-order chi connectivity index (χ0) is 17.2. The zero-order valence-electron chi connectivity index (χ0n) is 11.1. The van der Waals surface area contributed by atoms with Gasteiger partial charge >= 0.3 is 24.1 Å². The van der Waals surface area contributed by atoms with Gasteiger partial charge in [0.2, 0.25) is 5.83 Å². The molecule has 1 rings (SSSR count). The molecule has 1 saturated carbocycles. The van der Waals surface area contributed by atoms with Gasteiger partial charge in [-0.15, -0.1) is 0 Å². The summed E-state index contributed by atoms with van der Waals surface area (Å²) >= 11 is 0. The largest absolute Gasteiger partial charge is 0.465 e. The first kappa shape index (κ1) is 18.7. The summed E-state index contributed by atoms with van der Waals surface area (Å²) in [6.45, 7) is 0. The minimum Gasteiger partial charge on any atom is -0.410 e. The fourth-order valence-corrected chi connectivity index (χ4v) is 2.04. The van der Waals surface area contributed by atoms with Crippen molar-refractivity contribution in [2.45, 2.75) is 50.2 Å². The highest BCUT2D eigenvalue weighted by molar-refractivity contribution is 5.86. The summed E-state index contributed by atoms with van der Waals surface area (Å²) < 4.78 is 90.2. The van der Waals surface area contributed by atoms with Crippen LogP contribution in [0.1, 0.15) is 32.1 Å². The highest BCUT2D eigenvalue weighted by atomic mass is 19.4. The zero-order valence-corrected chi connectivity index (χ0v) is 11.1. The van der Waals surface area contributed by atoms with Crippen molar-refractivity contribution in [1.82, 2.24) is 0 Å². The Labute approximate surface area is 120 Å². The van der Waals surface area contributed by atoms with Crippen molar-refractivity contribution in [3.63, 3.8) is 0 Å². The number of esters is 1. The number of allylic oxidation sites excluding steroid dienone is 1. The molecule has 1 fully saturated rings. The van der Waals surface area contributed by atoms with Crippen molar-refractivity contribution in [2.24, 2.45) is 5.92 Å². The number of hydrogen-bond donors (Lipinski definition) is 1. The summed E-state index contributed by atoms with van der Waals surface area (Å²) in [5.41, 5.74) is 0. The maximum absolute atomic E-state index is 13.4. The monoisotopic (exact) mass is 338 g/mol. The van der Waals surface area contributed by atoms with E-state index < -0.39 is 35.9 Å². The van der Waals surface area contributed by atoms with E-state index in [0.29, 0.717) is 31.8 Å². The van der Waals surface area contributed by atoms with E-state index in [4.69, 9.17) is 5.11 Å². The summed E-state index contributed by atoms with van der Waals surface area (Å²) in [6.07, 6.45) is -8.87. The second kappa shape index (κ2) is 6.43. The molecule has 0 aromatic rings. The number of alkyl halides is 6. The Hall–Kier alpha value is -1.32. The van der Waals surface area contributed by atoms with Crippen LogP contribution in [0.15, 0.2) is 11.9 Å². The molecule has 0 unspecified atom stereocenters. The first-order valence-electron chi connectivity index (χ1n) is 6.35. The van der Waals surface area contributed by atoms with E-state index in [2.05, 4.69) is 4.74 Å². The van der Waals surface area contributed by atoms with Crippen LogP contribution in [0.25, 0.3) is 0 Å². The van der Waals surface area contributed by atoms with Crippen LogP contribution in [0.3, 0.4) is 0 Å². The second-order valence-corrected chi connectivity index (χ2v) is 4.94. The highest BCUT2D eigenvalue weighted by Crippen LogP contribution is 2.44. The predicted molar refractivity (Wildman–Crippen MR) is 58.9 cm³/mol. The first-order chi connectivity index (χ1) is 9.88. The van der Waals surface area contributed by atoms with E-state index in [1.807, 2.05) is 0 Å². The van der Waals surface area contributed by atoms with Gasteiger partial charge in [0.15, 0.2) is 0 Å². The van der Waals surface area contributed by atoms with Gasteiger partial charge in [0.1, 0.15) is 0 Å². The minimum absolute atomic E-state index is 0.462. The van der Waals surface area contributed by atoms with E-state index in [1.165, 1.54) is 0 Å². The Kier molecular flexibility index (Phi) is 5.47. The molecule has 0 heterocycles. The molecule has 0 aliphatic heterocycles. The van der Waals surface area contributed by atoms with Gasteiger partial charge in [0.05, 0.1) is 0 Å². The topological polar surface area (TPSA) is 46.5 Å². The molecule has 0 bridgehead atoms. The van der Waals surface area contributed by atoms with Gasteiger partial charge in [0, 0.05) is 0 Å². The Morgan fingerprint density at radius 1 is 1.00 bits per heavy atom. The molecule has 0 atom stereocenters. The summed E-state index contributed by atoms with van der Waals surface area (Å²) in [4.78, 5) is 11.1. The number of aliphatic hydroxyl groups is 1. The summed E-state index contributed by atoms with van der Waals surface area (Å²) in [5, 5.41) is 8.62. The molecule has 0 saturated heterocycles. The van der Waals surface area contributed by atoms with Gasteiger partial charge in [0.25, 0.3) is 0 Å². The van der Waals surface area contributed by atoms with E-state index in [-0.39, 0.29) is 0 Å². The number of hydrogen-bond acceptors (Lipinski definition) is 3. The van der Waals surface area contributed by atoms with Crippen molar-refractivity contribution in [3.8, 4) is 0 Å². The quantitative estimate of drug-likeness (QED) is 0.369. The van der Waals surface area contributed by atoms with E-state index in [0.717, 1.165) is 6.42 Å². The van der Waals surface area contributed by atoms with Gasteiger partial charge in [-0.2, -0.15) is 30.7 Å². The first-order valence-corrected chi connectivity index (χ1v) is 6.35. The lowest BCUT2D eigenvalue weighted by molar-refractivity contribution is -0.444. The van der Waals surface area contributed by atoms with Crippen molar-refractivity contribution >= 4 is 5.97 Å². The molecule has 22 heavy (non-hydrogen) atoms. The minimum atomic E-state index is -6.36. The van der Waals surface area contributed by atoms with Crippen LogP contribution >= 0.6 is 0 Å². The average molecular weight is 338 g/mol. The molecule has 0 radical (unpaired) electrons. The lowest BCUT2D eigenvalue weighted by Crippen LogP contribution is -2.59. The van der Waals surface area contributed by atoms with Crippen molar-refractivity contribution in [2.75, 3.05) is 0 Å². The summed E-state index contributed by atoms with van der Waals surface area (Å²) in [6, 6.07) is 0. The molecule has 3 nitrogen and oxygen atoms in total. The third kappa shape index (κ3) is 4.11. The highest BCUT2D eigenvalue weighted by Gasteiger charge is 2.74. The van der Waals surface area contributed by atoms with Gasteiger partial charge in [-0.25, -0.2) is 4.79 Å². The molecule has 0 spiro atoms. The average Bonchev–Trinajstić information content (AvgIpc) is 2.37. The third-order valence-corrected chi connectivity index (χ3v) is 3.24. The van der Waals surface area contributed by atoms with Gasteiger partial charge in [-0.1, -0.05) is 19.3 Å². The number of carbonyl (C=O) groups is 1. The molecule has 10 heteroatoms. The molecular formula is C12H13F7O3. The molecule has 128 valence electrons. The van der Waals surface area contributed by atoms with Crippen molar-refractivity contribution < 1.29 is 45.4 Å². The normalized spacial score (nSPS) is 19.2. The van der Waals surface area contributed by atoms with E-state index >= 15 is 0 Å². The van der Waals surface area contributed by atoms with Gasteiger partial charge < -0.3 is 9.84 Å². The Morgan fingerprint density at radius 2 is 1.45 bits per heavy atom. The fraction of sp³-hybridized carbons (Fsp3) is 0.750. The number of carbonyl (C=O) groups excluding carboxylic acids is 1. The van der Waals surface area contributed by atoms with Crippen LogP contribution in [-0.4, -0.2) is 29.2 Å². The fourth-order valence-electron chi connectivity index (χ4n) is 2.04. The summed E-state index contributed by atoms with van der Waals surface area (Å²) in [5.74, 6) is -10.6. The van der Waals surface area contributed by atoms with Crippen LogP contribution in [0, 0.1) is 5.92 Å². The smallest absolute Gasteiger partial charge is 0.410 e. The SMILES string of the molecule is O=C(OC(O)(C(F)(F)F)C(F)(F)F)C(F)=CC1CCCCC1. The molecular weight excluding hydrogens is 325 g/mol. The maximum atomic E-state index is 13.4. The van der Waals surface area contributed by atoms with Crippen LogP contribution in [0.2, 0.25) is 0 Å². The van der Waals surface area contributed by atoms with Crippen molar-refractivity contribution in [3.05, 3.63) is 11.9 Å². The predicted octanol–water partition coefficient (Wildman–Crippen LogP) is 3.78. The van der Waals surface area contributed by atoms with Crippen LogP contribution in [0.5, 0.6) is 0 Å². The molecule has 0 aromatic carbocycles. The molecule has 1 N–H and O–H groups in total. The van der Waals surface area contributed by atoms with E-state index in [1.54, 1.807) is 0 Å². The number of halogens is 7. The lowest BCUT2D eigenvalue weighted by Gasteiger charge is -2.30. The lowest BCUT2D eigenvalue weighted by atomic mass is 9.89. The maximum Gasteiger partial charge on any atom is 0.465 e. The second-order valence-electron chi connectivity index (χ2n) is 4.94. The van der Waals surface area contributed by atoms with Crippen LogP contribution < -0.4 is 0 Å². The number of rotatable bonds is 3. The van der Waals surface area contributed by atoms with Crippen LogP contribution in [0.4, 0.5) is 30.7 Å². The van der Waals surface area contributed by atoms with Gasteiger partial charge in [-0.05, 0) is 24.8 Å². The molecule has 1 aliphatic carbocycles. The standard InChI is InChI=1S/C12H13F7O3/c13-8(6-7-4-2-1-3-5-7)9(20)22-10(21,11(14,15)16)12(17,18)19/h6-7,21H,1-5H2.